The zero-order valence-electron chi connectivity index (χ0n) is 8.87. The predicted molar refractivity (Wildman–Crippen MR) is 67.3 cm³/mol. The van der Waals surface area contributed by atoms with Crippen molar-refractivity contribution in [3.63, 3.8) is 0 Å². The molecule has 0 spiro atoms. The summed E-state index contributed by atoms with van der Waals surface area (Å²) in [5.74, 6) is 0.747. The van der Waals surface area contributed by atoms with Gasteiger partial charge in [0.2, 0.25) is 0 Å². The summed E-state index contributed by atoms with van der Waals surface area (Å²) in [6.07, 6.45) is 0. The summed E-state index contributed by atoms with van der Waals surface area (Å²) in [6, 6.07) is 9.61. The SMILES string of the molecule is C=C(Br)CNCc1ccccc1OCC#N. The zero-order chi connectivity index (χ0) is 11.8. The van der Waals surface area contributed by atoms with E-state index in [4.69, 9.17) is 10.00 Å². The van der Waals surface area contributed by atoms with Crippen molar-refractivity contribution in [1.82, 2.24) is 5.32 Å². The summed E-state index contributed by atoms with van der Waals surface area (Å²) < 4.78 is 6.21. The lowest BCUT2D eigenvalue weighted by Crippen LogP contribution is -2.15. The van der Waals surface area contributed by atoms with E-state index in [0.717, 1.165) is 15.8 Å². The molecule has 0 heterocycles. The highest BCUT2D eigenvalue weighted by molar-refractivity contribution is 9.11. The zero-order valence-corrected chi connectivity index (χ0v) is 10.5. The number of benzene rings is 1. The molecule has 0 unspecified atom stereocenters. The molecule has 16 heavy (non-hydrogen) atoms. The average molecular weight is 281 g/mol. The van der Waals surface area contributed by atoms with Crippen LogP contribution in [0.15, 0.2) is 35.3 Å². The largest absolute Gasteiger partial charge is 0.478 e. The van der Waals surface area contributed by atoms with Gasteiger partial charge in [0.15, 0.2) is 6.61 Å². The van der Waals surface area contributed by atoms with Gasteiger partial charge in [-0.2, -0.15) is 5.26 Å². The molecule has 0 aliphatic heterocycles. The standard InChI is InChI=1S/C12H13BrN2O/c1-10(13)8-15-9-11-4-2-3-5-12(11)16-7-6-14/h2-5,15H,1,7-9H2. The topological polar surface area (TPSA) is 45.0 Å². The number of rotatable bonds is 6. The van der Waals surface area contributed by atoms with E-state index in [1.807, 2.05) is 30.3 Å². The highest BCUT2D eigenvalue weighted by Gasteiger charge is 2.01. The molecule has 4 heteroatoms. The van der Waals surface area contributed by atoms with Crippen molar-refractivity contribution >= 4 is 15.9 Å². The van der Waals surface area contributed by atoms with Gasteiger partial charge in [0.1, 0.15) is 11.8 Å². The average Bonchev–Trinajstić information content (AvgIpc) is 2.27. The van der Waals surface area contributed by atoms with Crippen LogP contribution >= 0.6 is 15.9 Å². The van der Waals surface area contributed by atoms with Crippen molar-refractivity contribution in [3.8, 4) is 11.8 Å². The molecule has 0 radical (unpaired) electrons. The van der Waals surface area contributed by atoms with Gasteiger partial charge in [-0.3, -0.25) is 0 Å². The predicted octanol–water partition coefficient (Wildman–Crippen LogP) is 2.59. The number of nitrogens with zero attached hydrogens (tertiary/aromatic N) is 1. The molecule has 84 valence electrons. The lowest BCUT2D eigenvalue weighted by atomic mass is 10.2. The molecule has 1 aromatic carbocycles. The molecule has 0 atom stereocenters. The Morgan fingerprint density at radius 3 is 2.94 bits per heavy atom. The minimum absolute atomic E-state index is 0.0716. The van der Waals surface area contributed by atoms with E-state index in [-0.39, 0.29) is 6.61 Å². The number of nitriles is 1. The first-order valence-electron chi connectivity index (χ1n) is 4.85. The van der Waals surface area contributed by atoms with E-state index >= 15 is 0 Å². The van der Waals surface area contributed by atoms with Crippen molar-refractivity contribution in [3.05, 3.63) is 40.9 Å². The summed E-state index contributed by atoms with van der Waals surface area (Å²) in [4.78, 5) is 0. The van der Waals surface area contributed by atoms with Crippen LogP contribution in [0.1, 0.15) is 5.56 Å². The molecule has 0 bridgehead atoms. The van der Waals surface area contributed by atoms with Crippen LogP contribution in [0, 0.1) is 11.3 Å². The summed E-state index contributed by atoms with van der Waals surface area (Å²) in [7, 11) is 0. The highest BCUT2D eigenvalue weighted by Crippen LogP contribution is 2.17. The number of nitrogens with one attached hydrogen (secondary N) is 1. The molecule has 0 aliphatic carbocycles. The molecule has 0 aliphatic rings. The maximum atomic E-state index is 8.46. The van der Waals surface area contributed by atoms with Crippen LogP contribution in [-0.4, -0.2) is 13.2 Å². The molecule has 1 N–H and O–H groups in total. The molecule has 0 amide bonds. The maximum absolute atomic E-state index is 8.46. The van der Waals surface area contributed by atoms with Crippen LogP contribution in [0.2, 0.25) is 0 Å². The van der Waals surface area contributed by atoms with Crippen molar-refractivity contribution in [2.75, 3.05) is 13.2 Å². The van der Waals surface area contributed by atoms with E-state index in [1.54, 1.807) is 0 Å². The van der Waals surface area contributed by atoms with Crippen LogP contribution < -0.4 is 10.1 Å². The number of ether oxygens (including phenoxy) is 1. The third-order valence-corrected chi connectivity index (χ3v) is 2.18. The first-order chi connectivity index (χ1) is 7.74. The Balaban J connectivity index is 2.57. The molecule has 0 aromatic heterocycles. The number of hydrogen-bond acceptors (Lipinski definition) is 3. The van der Waals surface area contributed by atoms with Crippen molar-refractivity contribution < 1.29 is 4.74 Å². The monoisotopic (exact) mass is 280 g/mol. The third-order valence-electron chi connectivity index (χ3n) is 1.90. The molecule has 0 saturated heterocycles. The van der Waals surface area contributed by atoms with Gasteiger partial charge in [-0.15, -0.1) is 0 Å². The minimum Gasteiger partial charge on any atom is -0.478 e. The normalized spacial score (nSPS) is 9.50. The second-order valence-corrected chi connectivity index (χ2v) is 4.30. The molecular weight excluding hydrogens is 268 g/mol. The Kier molecular flexibility index (Phi) is 5.62. The smallest absolute Gasteiger partial charge is 0.174 e. The molecular formula is C12H13BrN2O. The Labute approximate surface area is 104 Å². The van der Waals surface area contributed by atoms with Crippen LogP contribution in [-0.2, 0) is 6.54 Å². The fourth-order valence-corrected chi connectivity index (χ4v) is 1.43. The minimum atomic E-state index is 0.0716. The van der Waals surface area contributed by atoms with E-state index in [0.29, 0.717) is 13.1 Å². The van der Waals surface area contributed by atoms with Crippen molar-refractivity contribution in [2.45, 2.75) is 6.54 Å². The summed E-state index contributed by atoms with van der Waals surface area (Å²) in [5, 5.41) is 11.7. The Morgan fingerprint density at radius 2 is 2.25 bits per heavy atom. The van der Waals surface area contributed by atoms with Gasteiger partial charge in [-0.1, -0.05) is 40.7 Å². The first kappa shape index (κ1) is 12.8. The quantitative estimate of drug-likeness (QED) is 0.871. The van der Waals surface area contributed by atoms with Gasteiger partial charge in [-0.25, -0.2) is 0 Å². The van der Waals surface area contributed by atoms with Crippen LogP contribution in [0.25, 0.3) is 0 Å². The van der Waals surface area contributed by atoms with Crippen LogP contribution in [0.4, 0.5) is 0 Å². The molecule has 1 aromatic rings. The molecule has 0 saturated carbocycles. The van der Waals surface area contributed by atoms with Gasteiger partial charge >= 0.3 is 0 Å². The van der Waals surface area contributed by atoms with Gasteiger partial charge in [0, 0.05) is 23.1 Å². The lowest BCUT2D eigenvalue weighted by Gasteiger charge is -2.09. The first-order valence-corrected chi connectivity index (χ1v) is 5.65. The van der Waals surface area contributed by atoms with Gasteiger partial charge < -0.3 is 10.1 Å². The second-order valence-electron chi connectivity index (χ2n) is 3.18. The second kappa shape index (κ2) is 7.04. The lowest BCUT2D eigenvalue weighted by molar-refractivity contribution is 0.363. The van der Waals surface area contributed by atoms with E-state index < -0.39 is 0 Å². The fourth-order valence-electron chi connectivity index (χ4n) is 1.23. The summed E-state index contributed by atoms with van der Waals surface area (Å²) in [5.41, 5.74) is 1.03. The number of hydrogen-bond donors (Lipinski definition) is 1. The summed E-state index contributed by atoms with van der Waals surface area (Å²) in [6.45, 7) is 5.20. The van der Waals surface area contributed by atoms with Gasteiger partial charge in [0.25, 0.3) is 0 Å². The highest BCUT2D eigenvalue weighted by atomic mass is 79.9. The molecule has 3 nitrogen and oxygen atoms in total. The van der Waals surface area contributed by atoms with E-state index in [1.165, 1.54) is 0 Å². The summed E-state index contributed by atoms with van der Waals surface area (Å²) >= 11 is 3.28. The van der Waals surface area contributed by atoms with Crippen molar-refractivity contribution in [2.24, 2.45) is 0 Å². The maximum Gasteiger partial charge on any atom is 0.174 e. The van der Waals surface area contributed by atoms with Crippen LogP contribution in [0.5, 0.6) is 5.75 Å². The Morgan fingerprint density at radius 1 is 1.50 bits per heavy atom. The van der Waals surface area contributed by atoms with Gasteiger partial charge in [0.05, 0.1) is 0 Å². The van der Waals surface area contributed by atoms with E-state index in [2.05, 4.69) is 27.8 Å². The van der Waals surface area contributed by atoms with E-state index in [9.17, 15) is 0 Å². The third kappa shape index (κ3) is 4.47. The Bertz CT molecular complexity index is 398. The number of para-hydroxylation sites is 1. The fraction of sp³-hybridized carbons (Fsp3) is 0.250. The molecule has 0 fully saturated rings. The van der Waals surface area contributed by atoms with Crippen molar-refractivity contribution in [1.29, 1.82) is 5.26 Å². The number of halogens is 1. The van der Waals surface area contributed by atoms with Gasteiger partial charge in [-0.05, 0) is 6.07 Å². The Hall–Kier alpha value is -1.31. The molecule has 1 rings (SSSR count). The van der Waals surface area contributed by atoms with Crippen LogP contribution in [0.3, 0.4) is 0 Å².